The number of benzene rings is 2. The van der Waals surface area contributed by atoms with Crippen LogP contribution in [0.5, 0.6) is 0 Å². The third-order valence-electron chi connectivity index (χ3n) is 5.85. The standard InChI is InChI=1S/C24H28N4O3/c1-24(15-19-5-3-4-6-21(19)25-16-24)17-27-11-13-28(14-12-27)23(30)26-20-9-7-18(8-10-20)22(29)31-2/h3-10,15H,11-14,16-17H2,1-2H3,(H,26,30). The summed E-state index contributed by atoms with van der Waals surface area (Å²) >= 11 is 0. The Morgan fingerprint density at radius 3 is 2.48 bits per heavy atom. The van der Waals surface area contributed by atoms with Crippen molar-refractivity contribution in [3.8, 4) is 0 Å². The third kappa shape index (κ3) is 4.94. The maximum absolute atomic E-state index is 12.6. The Kier molecular flexibility index (Phi) is 6.04. The number of piperazine rings is 1. The lowest BCUT2D eigenvalue weighted by molar-refractivity contribution is 0.0600. The molecule has 4 rings (SSSR count). The Balaban J connectivity index is 1.30. The molecular weight excluding hydrogens is 392 g/mol. The summed E-state index contributed by atoms with van der Waals surface area (Å²) in [5, 5.41) is 5.18. The Morgan fingerprint density at radius 2 is 1.77 bits per heavy atom. The fourth-order valence-corrected chi connectivity index (χ4v) is 4.17. The second-order valence-electron chi connectivity index (χ2n) is 8.44. The molecule has 1 N–H and O–H groups in total. The average molecular weight is 421 g/mol. The van der Waals surface area contributed by atoms with Crippen LogP contribution >= 0.6 is 0 Å². The Morgan fingerprint density at radius 1 is 1.06 bits per heavy atom. The van der Waals surface area contributed by atoms with E-state index in [-0.39, 0.29) is 11.4 Å². The Labute approximate surface area is 182 Å². The number of ether oxygens (including phenoxy) is 1. The van der Waals surface area contributed by atoms with Gasteiger partial charge in [0.25, 0.3) is 0 Å². The number of urea groups is 1. The lowest BCUT2D eigenvalue weighted by Gasteiger charge is -2.39. The van der Waals surface area contributed by atoms with Gasteiger partial charge < -0.3 is 15.0 Å². The van der Waals surface area contributed by atoms with E-state index in [1.165, 1.54) is 12.3 Å². The van der Waals surface area contributed by atoms with Crippen LogP contribution in [-0.4, -0.2) is 68.2 Å². The highest BCUT2D eigenvalue weighted by Gasteiger charge is 2.29. The van der Waals surface area contributed by atoms with Crippen LogP contribution in [0.1, 0.15) is 17.3 Å². The van der Waals surface area contributed by atoms with E-state index in [2.05, 4.69) is 41.4 Å². The van der Waals surface area contributed by atoms with E-state index in [1.807, 2.05) is 11.0 Å². The molecule has 1 unspecified atom stereocenters. The van der Waals surface area contributed by atoms with Crippen LogP contribution in [0.4, 0.5) is 10.5 Å². The number of rotatable bonds is 4. The predicted molar refractivity (Wildman–Crippen MR) is 119 cm³/mol. The van der Waals surface area contributed by atoms with Crippen molar-refractivity contribution in [1.82, 2.24) is 9.80 Å². The summed E-state index contributed by atoms with van der Waals surface area (Å²) in [5.41, 5.74) is 1.11. The molecule has 2 amide bonds. The zero-order chi connectivity index (χ0) is 21.8. The van der Waals surface area contributed by atoms with Gasteiger partial charge in [0.05, 0.1) is 18.0 Å². The molecule has 0 aliphatic carbocycles. The topological polar surface area (TPSA) is 74.2 Å². The molecule has 0 radical (unpaired) electrons. The summed E-state index contributed by atoms with van der Waals surface area (Å²) in [4.78, 5) is 33.1. The molecule has 2 aliphatic rings. The first-order chi connectivity index (χ1) is 15.0. The quantitative estimate of drug-likeness (QED) is 0.765. The number of methoxy groups -OCH3 is 1. The van der Waals surface area contributed by atoms with Crippen molar-refractivity contribution in [1.29, 1.82) is 0 Å². The number of nitrogens with zero attached hydrogens (tertiary/aromatic N) is 3. The number of anilines is 1. The van der Waals surface area contributed by atoms with Crippen molar-refractivity contribution in [3.63, 3.8) is 0 Å². The summed E-state index contributed by atoms with van der Waals surface area (Å²) in [6, 6.07) is 14.8. The summed E-state index contributed by atoms with van der Waals surface area (Å²) in [6.07, 6.45) is 2.34. The summed E-state index contributed by atoms with van der Waals surface area (Å²) in [6.45, 7) is 6.98. The minimum absolute atomic E-state index is 0.000165. The van der Waals surface area contributed by atoms with Crippen molar-refractivity contribution in [2.24, 2.45) is 10.4 Å². The molecule has 1 saturated heterocycles. The highest BCUT2D eigenvalue weighted by atomic mass is 16.5. The largest absolute Gasteiger partial charge is 0.465 e. The normalized spacial score (nSPS) is 20.8. The molecule has 2 aromatic carbocycles. The van der Waals surface area contributed by atoms with Gasteiger partial charge in [-0.25, -0.2) is 9.59 Å². The van der Waals surface area contributed by atoms with Crippen LogP contribution in [-0.2, 0) is 4.74 Å². The molecule has 1 fully saturated rings. The number of hydrogen-bond acceptors (Lipinski definition) is 5. The number of hydrogen-bond donors (Lipinski definition) is 1. The minimum atomic E-state index is -0.394. The zero-order valence-corrected chi connectivity index (χ0v) is 18.0. The maximum Gasteiger partial charge on any atom is 0.337 e. The highest BCUT2D eigenvalue weighted by Crippen LogP contribution is 2.23. The monoisotopic (exact) mass is 420 g/mol. The van der Waals surface area contributed by atoms with Crippen LogP contribution in [0.25, 0.3) is 6.08 Å². The minimum Gasteiger partial charge on any atom is -0.465 e. The van der Waals surface area contributed by atoms with Crippen molar-refractivity contribution < 1.29 is 14.3 Å². The van der Waals surface area contributed by atoms with Gasteiger partial charge >= 0.3 is 12.0 Å². The van der Waals surface area contributed by atoms with Crippen molar-refractivity contribution in [2.75, 3.05) is 51.7 Å². The van der Waals surface area contributed by atoms with Gasteiger partial charge in [0, 0.05) is 50.4 Å². The van der Waals surface area contributed by atoms with E-state index < -0.39 is 5.97 Å². The molecule has 0 bridgehead atoms. The van der Waals surface area contributed by atoms with Gasteiger partial charge in [0.1, 0.15) is 0 Å². The van der Waals surface area contributed by atoms with Crippen LogP contribution in [0.15, 0.2) is 53.5 Å². The molecular formula is C24H28N4O3. The summed E-state index contributed by atoms with van der Waals surface area (Å²) < 4.78 is 4.69. The molecule has 0 saturated carbocycles. The van der Waals surface area contributed by atoms with E-state index in [4.69, 9.17) is 9.73 Å². The van der Waals surface area contributed by atoms with Gasteiger partial charge in [-0.2, -0.15) is 0 Å². The van der Waals surface area contributed by atoms with Gasteiger partial charge in [-0.1, -0.05) is 31.2 Å². The van der Waals surface area contributed by atoms with E-state index >= 15 is 0 Å². The molecule has 162 valence electrons. The second-order valence-corrected chi connectivity index (χ2v) is 8.44. The summed E-state index contributed by atoms with van der Waals surface area (Å²) in [7, 11) is 1.35. The number of amides is 2. The molecule has 7 heteroatoms. The van der Waals surface area contributed by atoms with Crippen LogP contribution in [0, 0.1) is 5.41 Å². The molecule has 2 aromatic rings. The molecule has 0 spiro atoms. The number of carbonyl (C=O) groups is 2. The second kappa shape index (κ2) is 8.89. The van der Waals surface area contributed by atoms with Gasteiger partial charge in [-0.15, -0.1) is 0 Å². The number of para-hydroxylation sites is 1. The molecule has 31 heavy (non-hydrogen) atoms. The third-order valence-corrected chi connectivity index (χ3v) is 5.85. The molecule has 7 nitrogen and oxygen atoms in total. The maximum atomic E-state index is 12.6. The number of fused-ring (bicyclic) bond motifs is 1. The predicted octanol–water partition coefficient (Wildman–Crippen LogP) is 1.74. The fourth-order valence-electron chi connectivity index (χ4n) is 4.17. The number of nitrogens with one attached hydrogen (secondary N) is 1. The highest BCUT2D eigenvalue weighted by molar-refractivity contribution is 5.92. The van der Waals surface area contributed by atoms with Crippen LogP contribution in [0.3, 0.4) is 0 Å². The first kappa shape index (κ1) is 21.1. The van der Waals surface area contributed by atoms with Gasteiger partial charge in [-0.3, -0.25) is 9.89 Å². The van der Waals surface area contributed by atoms with E-state index in [0.717, 1.165) is 31.5 Å². The fraction of sp³-hybridized carbons (Fsp3) is 0.375. The Bertz CT molecular complexity index is 1070. The Hall–Kier alpha value is -3.19. The van der Waals surface area contributed by atoms with Gasteiger partial charge in [0.2, 0.25) is 0 Å². The average Bonchev–Trinajstić information content (AvgIpc) is 2.79. The van der Waals surface area contributed by atoms with Gasteiger partial charge in [0.15, 0.2) is 0 Å². The number of esters is 1. The van der Waals surface area contributed by atoms with E-state index in [1.54, 1.807) is 24.3 Å². The van der Waals surface area contributed by atoms with Crippen molar-refractivity contribution >= 4 is 23.8 Å². The smallest absolute Gasteiger partial charge is 0.337 e. The van der Waals surface area contributed by atoms with E-state index in [9.17, 15) is 9.59 Å². The SMILES string of the molecule is COC(=O)c1ccc(NC(=O)N2CCN(CC3(C)C=c4ccccc4=NC3)CC2)cc1. The van der Waals surface area contributed by atoms with Crippen molar-refractivity contribution in [3.05, 3.63) is 64.7 Å². The van der Waals surface area contributed by atoms with Crippen molar-refractivity contribution in [2.45, 2.75) is 6.92 Å². The van der Waals surface area contributed by atoms with Gasteiger partial charge in [-0.05, 0) is 35.6 Å². The lowest BCUT2D eigenvalue weighted by Crippen LogP contribution is -2.53. The first-order valence-electron chi connectivity index (χ1n) is 10.5. The summed E-state index contributed by atoms with van der Waals surface area (Å²) in [5.74, 6) is -0.394. The van der Waals surface area contributed by atoms with Crippen LogP contribution < -0.4 is 15.9 Å². The molecule has 1 atom stereocenters. The molecule has 2 aliphatic heterocycles. The lowest BCUT2D eigenvalue weighted by atomic mass is 9.87. The number of carbonyl (C=O) groups excluding carboxylic acids is 2. The first-order valence-corrected chi connectivity index (χ1v) is 10.5. The zero-order valence-electron chi connectivity index (χ0n) is 18.0. The van der Waals surface area contributed by atoms with E-state index in [0.29, 0.717) is 24.3 Å². The van der Waals surface area contributed by atoms with Crippen LogP contribution in [0.2, 0.25) is 0 Å². The molecule has 0 aromatic heterocycles. The molecule has 2 heterocycles.